The van der Waals surface area contributed by atoms with Crippen LogP contribution >= 0.6 is 0 Å². The van der Waals surface area contributed by atoms with E-state index in [4.69, 9.17) is 0 Å². The molecule has 0 bridgehead atoms. The Labute approximate surface area is 123 Å². The molecule has 0 atom stereocenters. The third-order valence-corrected chi connectivity index (χ3v) is 3.86. The molecular weight excluding hydrogens is 256 g/mol. The van der Waals surface area contributed by atoms with E-state index in [1.165, 1.54) is 28.2 Å². The Kier molecular flexibility index (Phi) is 2.68. The largest absolute Gasteiger partial charge is 0.253 e. The van der Waals surface area contributed by atoms with Crippen molar-refractivity contribution in [3.05, 3.63) is 84.6 Å². The standard InChI is InChI=1S/C19H16N2/c1-15-12-13-18-14-19(16-8-4-2-5-9-16)21(20(15)18)17-10-6-3-7-11-17/h2-14H,1H3. The van der Waals surface area contributed by atoms with Crippen LogP contribution in [0.25, 0.3) is 22.5 Å². The average Bonchev–Trinajstić information content (AvgIpc) is 3.09. The van der Waals surface area contributed by atoms with E-state index >= 15 is 0 Å². The maximum absolute atomic E-state index is 2.28. The molecule has 0 spiro atoms. The number of hydrogen-bond acceptors (Lipinski definition) is 0. The lowest BCUT2D eigenvalue weighted by molar-refractivity contribution is 0.789. The number of rotatable bonds is 2. The van der Waals surface area contributed by atoms with E-state index in [9.17, 15) is 0 Å². The number of hydrogen-bond donors (Lipinski definition) is 0. The van der Waals surface area contributed by atoms with Crippen molar-refractivity contribution in [3.8, 4) is 16.9 Å². The highest BCUT2D eigenvalue weighted by Crippen LogP contribution is 2.27. The van der Waals surface area contributed by atoms with Crippen LogP contribution in [0.15, 0.2) is 78.9 Å². The van der Waals surface area contributed by atoms with Gasteiger partial charge in [-0.3, -0.25) is 4.52 Å². The monoisotopic (exact) mass is 272 g/mol. The van der Waals surface area contributed by atoms with Crippen LogP contribution in [0.2, 0.25) is 0 Å². The molecule has 0 aliphatic carbocycles. The van der Waals surface area contributed by atoms with Crippen LogP contribution in [0.5, 0.6) is 0 Å². The minimum Gasteiger partial charge on any atom is -0.253 e. The summed E-state index contributed by atoms with van der Waals surface area (Å²) in [5.41, 5.74) is 6.06. The van der Waals surface area contributed by atoms with Gasteiger partial charge in [-0.05, 0) is 37.3 Å². The van der Waals surface area contributed by atoms with E-state index in [2.05, 4.69) is 95.0 Å². The van der Waals surface area contributed by atoms with Gasteiger partial charge in [-0.15, -0.1) is 0 Å². The van der Waals surface area contributed by atoms with E-state index in [1.807, 2.05) is 0 Å². The number of aromatic nitrogens is 2. The summed E-state index contributed by atoms with van der Waals surface area (Å²) >= 11 is 0. The van der Waals surface area contributed by atoms with Gasteiger partial charge < -0.3 is 0 Å². The van der Waals surface area contributed by atoms with E-state index in [0.717, 1.165) is 0 Å². The van der Waals surface area contributed by atoms with Crippen molar-refractivity contribution in [2.45, 2.75) is 6.92 Å². The summed E-state index contributed by atoms with van der Waals surface area (Å²) in [6, 6.07) is 27.6. The SMILES string of the molecule is Cc1ccc2cc(-c3ccccc3)n(-c3ccccc3)n12. The topological polar surface area (TPSA) is 9.34 Å². The van der Waals surface area contributed by atoms with Gasteiger partial charge in [0.2, 0.25) is 0 Å². The summed E-state index contributed by atoms with van der Waals surface area (Å²) in [7, 11) is 0. The molecule has 0 aliphatic heterocycles. The average molecular weight is 272 g/mol. The second-order valence-corrected chi connectivity index (χ2v) is 5.25. The van der Waals surface area contributed by atoms with Gasteiger partial charge in [-0.25, -0.2) is 4.68 Å². The van der Waals surface area contributed by atoms with Crippen molar-refractivity contribution in [2.75, 3.05) is 0 Å². The molecule has 0 saturated heterocycles. The summed E-state index contributed by atoms with van der Waals surface area (Å²) < 4.78 is 4.54. The smallest absolute Gasteiger partial charge is 0.0730 e. The Morgan fingerprint density at radius 1 is 0.714 bits per heavy atom. The van der Waals surface area contributed by atoms with Crippen molar-refractivity contribution in [1.29, 1.82) is 0 Å². The molecular formula is C19H16N2. The van der Waals surface area contributed by atoms with Gasteiger partial charge in [0.25, 0.3) is 0 Å². The first-order chi connectivity index (χ1) is 10.3. The van der Waals surface area contributed by atoms with E-state index < -0.39 is 0 Å². The van der Waals surface area contributed by atoms with Crippen LogP contribution in [0, 0.1) is 6.92 Å². The second-order valence-electron chi connectivity index (χ2n) is 5.25. The van der Waals surface area contributed by atoms with E-state index in [0.29, 0.717) is 0 Å². The van der Waals surface area contributed by atoms with Gasteiger partial charge in [0.15, 0.2) is 0 Å². The Balaban J connectivity index is 2.08. The fourth-order valence-corrected chi connectivity index (χ4v) is 2.88. The Morgan fingerprint density at radius 2 is 1.38 bits per heavy atom. The molecule has 2 aromatic carbocycles. The molecule has 0 N–H and O–H groups in total. The van der Waals surface area contributed by atoms with E-state index in [1.54, 1.807) is 0 Å². The van der Waals surface area contributed by atoms with Gasteiger partial charge in [-0.2, -0.15) is 0 Å². The van der Waals surface area contributed by atoms with Crippen LogP contribution in [0.4, 0.5) is 0 Å². The first kappa shape index (κ1) is 12.0. The normalized spacial score (nSPS) is 11.1. The van der Waals surface area contributed by atoms with Crippen molar-refractivity contribution in [2.24, 2.45) is 0 Å². The molecule has 0 radical (unpaired) electrons. The van der Waals surface area contributed by atoms with Gasteiger partial charge >= 0.3 is 0 Å². The maximum atomic E-state index is 2.28. The third kappa shape index (κ3) is 1.88. The fraction of sp³-hybridized carbons (Fsp3) is 0.0526. The zero-order valence-electron chi connectivity index (χ0n) is 11.9. The molecule has 0 saturated carbocycles. The second kappa shape index (κ2) is 4.67. The summed E-state index contributed by atoms with van der Waals surface area (Å²) in [4.78, 5) is 0. The van der Waals surface area contributed by atoms with Crippen molar-refractivity contribution in [3.63, 3.8) is 0 Å². The van der Waals surface area contributed by atoms with Crippen molar-refractivity contribution in [1.82, 2.24) is 9.20 Å². The molecule has 102 valence electrons. The minimum atomic E-state index is 1.17. The van der Waals surface area contributed by atoms with E-state index in [-0.39, 0.29) is 0 Å². The summed E-state index contributed by atoms with van der Waals surface area (Å²) in [6.07, 6.45) is 0. The molecule has 2 aromatic heterocycles. The zero-order chi connectivity index (χ0) is 14.2. The fourth-order valence-electron chi connectivity index (χ4n) is 2.88. The first-order valence-electron chi connectivity index (χ1n) is 7.15. The van der Waals surface area contributed by atoms with Crippen LogP contribution in [-0.2, 0) is 0 Å². The van der Waals surface area contributed by atoms with Crippen molar-refractivity contribution < 1.29 is 0 Å². The quantitative estimate of drug-likeness (QED) is 0.500. The zero-order valence-corrected chi connectivity index (χ0v) is 11.9. The van der Waals surface area contributed by atoms with Crippen LogP contribution in [-0.4, -0.2) is 9.20 Å². The number of para-hydroxylation sites is 1. The number of aryl methyl sites for hydroxylation is 1. The Morgan fingerprint density at radius 3 is 2.10 bits per heavy atom. The Hall–Kier alpha value is -2.74. The number of benzene rings is 2. The lowest BCUT2D eigenvalue weighted by Crippen LogP contribution is -2.05. The summed E-state index contributed by atoms with van der Waals surface area (Å²) in [6.45, 7) is 2.14. The van der Waals surface area contributed by atoms with Gasteiger partial charge in [0.05, 0.1) is 16.9 Å². The molecule has 2 heterocycles. The Bertz CT molecular complexity index is 883. The predicted octanol–water partition coefficient (Wildman–Crippen LogP) is 4.71. The van der Waals surface area contributed by atoms with Gasteiger partial charge in [-0.1, -0.05) is 48.5 Å². The lowest BCUT2D eigenvalue weighted by atomic mass is 10.1. The van der Waals surface area contributed by atoms with Crippen LogP contribution in [0.3, 0.4) is 0 Å². The molecule has 4 aromatic rings. The predicted molar refractivity (Wildman–Crippen MR) is 86.9 cm³/mol. The number of nitrogens with zero attached hydrogens (tertiary/aromatic N) is 2. The highest BCUT2D eigenvalue weighted by molar-refractivity contribution is 5.69. The molecule has 21 heavy (non-hydrogen) atoms. The molecule has 0 unspecified atom stereocenters. The molecule has 4 rings (SSSR count). The highest BCUT2D eigenvalue weighted by Gasteiger charge is 2.13. The molecule has 2 heteroatoms. The third-order valence-electron chi connectivity index (χ3n) is 3.86. The molecule has 0 aliphatic rings. The minimum absolute atomic E-state index is 1.17. The summed E-state index contributed by atoms with van der Waals surface area (Å²) in [5, 5.41) is 0. The maximum Gasteiger partial charge on any atom is 0.0730 e. The molecule has 0 fully saturated rings. The first-order valence-corrected chi connectivity index (χ1v) is 7.15. The van der Waals surface area contributed by atoms with Crippen LogP contribution < -0.4 is 0 Å². The highest BCUT2D eigenvalue weighted by atomic mass is 15.4. The van der Waals surface area contributed by atoms with Crippen molar-refractivity contribution >= 4 is 5.52 Å². The molecule has 2 nitrogen and oxygen atoms in total. The van der Waals surface area contributed by atoms with Gasteiger partial charge in [0, 0.05) is 11.3 Å². The van der Waals surface area contributed by atoms with Crippen LogP contribution in [0.1, 0.15) is 5.69 Å². The molecule has 0 amide bonds. The summed E-state index contributed by atoms with van der Waals surface area (Å²) in [5.74, 6) is 0. The van der Waals surface area contributed by atoms with Gasteiger partial charge in [0.1, 0.15) is 0 Å². The number of fused-ring (bicyclic) bond motifs is 1. The lowest BCUT2D eigenvalue weighted by Gasteiger charge is -2.12.